The van der Waals surface area contributed by atoms with E-state index in [1.807, 2.05) is 24.3 Å². The Kier molecular flexibility index (Phi) is 5.36. The standard InChI is InChI=1S/C22H16BrClN6O2/c23-13-1-4-20-17(9-13)21(31)22(32)30(20)12-15-11-29(28-27-15)8-7-26-18-5-6-25-19-10-14(24)2-3-16(18)19/h1-6,9-11H,7-8,12H2,(H,25,26). The number of carbonyl (C=O) groups excluding carboxylic acids is 2. The smallest absolute Gasteiger partial charge is 0.299 e. The number of anilines is 2. The van der Waals surface area contributed by atoms with Crippen LogP contribution in [0.5, 0.6) is 0 Å². The van der Waals surface area contributed by atoms with Gasteiger partial charge in [0.1, 0.15) is 5.69 Å². The Morgan fingerprint density at radius 2 is 1.97 bits per heavy atom. The molecule has 10 heteroatoms. The molecule has 0 aliphatic carbocycles. The highest BCUT2D eigenvalue weighted by Gasteiger charge is 2.36. The zero-order chi connectivity index (χ0) is 22.2. The Bertz CT molecular complexity index is 1370. The lowest BCUT2D eigenvalue weighted by Gasteiger charge is -2.14. The van der Waals surface area contributed by atoms with Crippen LogP contribution in [0.15, 0.2) is 59.3 Å². The fourth-order valence-electron chi connectivity index (χ4n) is 3.69. The zero-order valence-electron chi connectivity index (χ0n) is 16.6. The van der Waals surface area contributed by atoms with Crippen molar-refractivity contribution in [2.45, 2.75) is 13.1 Å². The molecule has 0 fully saturated rings. The molecule has 0 saturated carbocycles. The third-order valence-corrected chi connectivity index (χ3v) is 5.93. The molecule has 0 radical (unpaired) electrons. The van der Waals surface area contributed by atoms with E-state index in [9.17, 15) is 9.59 Å². The summed E-state index contributed by atoms with van der Waals surface area (Å²) in [6.45, 7) is 1.37. The molecule has 8 nitrogen and oxygen atoms in total. The molecule has 0 bridgehead atoms. The second kappa shape index (κ2) is 8.33. The second-order valence-corrected chi connectivity index (χ2v) is 8.65. The second-order valence-electron chi connectivity index (χ2n) is 7.30. The molecule has 2 aromatic carbocycles. The normalized spacial score (nSPS) is 13.1. The van der Waals surface area contributed by atoms with Crippen LogP contribution in [-0.2, 0) is 17.9 Å². The van der Waals surface area contributed by atoms with Crippen LogP contribution in [0, 0.1) is 0 Å². The Balaban J connectivity index is 1.25. The molecule has 4 aromatic rings. The van der Waals surface area contributed by atoms with E-state index in [4.69, 9.17) is 11.6 Å². The molecular weight excluding hydrogens is 496 g/mol. The number of pyridine rings is 1. The monoisotopic (exact) mass is 510 g/mol. The van der Waals surface area contributed by atoms with E-state index in [-0.39, 0.29) is 6.54 Å². The van der Waals surface area contributed by atoms with Crippen molar-refractivity contribution in [3.63, 3.8) is 0 Å². The van der Waals surface area contributed by atoms with Gasteiger partial charge in [0, 0.05) is 33.3 Å². The van der Waals surface area contributed by atoms with Crippen LogP contribution >= 0.6 is 27.5 Å². The van der Waals surface area contributed by atoms with Crippen molar-refractivity contribution < 1.29 is 9.59 Å². The Labute approximate surface area is 196 Å². The molecular formula is C22H16BrClN6O2. The Hall–Kier alpha value is -3.30. The molecule has 1 amide bonds. The van der Waals surface area contributed by atoms with Crippen molar-refractivity contribution in [1.29, 1.82) is 0 Å². The van der Waals surface area contributed by atoms with Gasteiger partial charge in [-0.15, -0.1) is 5.10 Å². The van der Waals surface area contributed by atoms with Crippen LogP contribution in [0.4, 0.5) is 11.4 Å². The average Bonchev–Trinajstić information content (AvgIpc) is 3.32. The first-order chi connectivity index (χ1) is 15.5. The minimum absolute atomic E-state index is 0.183. The minimum atomic E-state index is -0.556. The summed E-state index contributed by atoms with van der Waals surface area (Å²) in [5.41, 5.74) is 3.36. The van der Waals surface area contributed by atoms with E-state index in [0.717, 1.165) is 21.1 Å². The molecule has 3 heterocycles. The molecule has 1 N–H and O–H groups in total. The molecule has 0 atom stereocenters. The van der Waals surface area contributed by atoms with Gasteiger partial charge in [-0.25, -0.2) is 0 Å². The van der Waals surface area contributed by atoms with Crippen LogP contribution in [-0.4, -0.2) is 38.2 Å². The molecule has 0 spiro atoms. The summed E-state index contributed by atoms with van der Waals surface area (Å²) in [7, 11) is 0. The number of amides is 1. The summed E-state index contributed by atoms with van der Waals surface area (Å²) in [6.07, 6.45) is 3.51. The van der Waals surface area contributed by atoms with Crippen LogP contribution in [0.2, 0.25) is 5.02 Å². The number of Topliss-reactive ketones (excluding diaryl/α,β-unsaturated/α-hetero) is 1. The van der Waals surface area contributed by atoms with E-state index in [0.29, 0.717) is 35.1 Å². The molecule has 2 aromatic heterocycles. The van der Waals surface area contributed by atoms with Gasteiger partial charge in [0.2, 0.25) is 0 Å². The number of halogens is 2. The summed E-state index contributed by atoms with van der Waals surface area (Å²) >= 11 is 9.38. The maximum Gasteiger partial charge on any atom is 0.299 e. The van der Waals surface area contributed by atoms with Gasteiger partial charge in [0.15, 0.2) is 0 Å². The molecule has 32 heavy (non-hydrogen) atoms. The van der Waals surface area contributed by atoms with Gasteiger partial charge < -0.3 is 5.32 Å². The topological polar surface area (TPSA) is 93.0 Å². The first-order valence-corrected chi connectivity index (χ1v) is 11.0. The highest BCUT2D eigenvalue weighted by molar-refractivity contribution is 9.10. The lowest BCUT2D eigenvalue weighted by atomic mass is 10.1. The highest BCUT2D eigenvalue weighted by atomic mass is 79.9. The van der Waals surface area contributed by atoms with Gasteiger partial charge in [0.05, 0.1) is 36.1 Å². The summed E-state index contributed by atoms with van der Waals surface area (Å²) < 4.78 is 2.45. The van der Waals surface area contributed by atoms with E-state index in [1.165, 1.54) is 4.90 Å². The van der Waals surface area contributed by atoms with Crippen molar-refractivity contribution in [2.24, 2.45) is 0 Å². The number of aromatic nitrogens is 4. The fourth-order valence-corrected chi connectivity index (χ4v) is 4.22. The summed E-state index contributed by atoms with van der Waals surface area (Å²) in [5.74, 6) is -1.07. The number of nitrogens with zero attached hydrogens (tertiary/aromatic N) is 5. The molecule has 0 unspecified atom stereocenters. The van der Waals surface area contributed by atoms with E-state index < -0.39 is 11.7 Å². The quantitative estimate of drug-likeness (QED) is 0.392. The lowest BCUT2D eigenvalue weighted by molar-refractivity contribution is -0.114. The van der Waals surface area contributed by atoms with Crippen LogP contribution in [0.1, 0.15) is 16.1 Å². The van der Waals surface area contributed by atoms with Crippen LogP contribution in [0.3, 0.4) is 0 Å². The third kappa shape index (κ3) is 3.85. The summed E-state index contributed by atoms with van der Waals surface area (Å²) in [4.78, 5) is 30.5. The molecule has 1 aliphatic heterocycles. The third-order valence-electron chi connectivity index (χ3n) is 5.20. The number of fused-ring (bicyclic) bond motifs is 2. The SMILES string of the molecule is O=C1C(=O)N(Cc2cn(CCNc3ccnc4cc(Cl)ccc34)nn2)c2ccc(Br)cc21. The molecule has 5 rings (SSSR count). The van der Waals surface area contributed by atoms with Gasteiger partial charge in [0.25, 0.3) is 11.7 Å². The van der Waals surface area contributed by atoms with E-state index in [1.54, 1.807) is 35.3 Å². The number of ketones is 1. The number of hydrogen-bond acceptors (Lipinski definition) is 6. The van der Waals surface area contributed by atoms with Crippen LogP contribution < -0.4 is 10.2 Å². The molecule has 1 aliphatic rings. The summed E-state index contributed by atoms with van der Waals surface area (Å²) in [5, 5.41) is 13.3. The summed E-state index contributed by atoms with van der Waals surface area (Å²) in [6, 6.07) is 12.7. The average molecular weight is 512 g/mol. The Morgan fingerprint density at radius 1 is 1.09 bits per heavy atom. The van der Waals surface area contributed by atoms with Crippen molar-refractivity contribution in [3.8, 4) is 0 Å². The first-order valence-electron chi connectivity index (χ1n) is 9.82. The molecule has 0 saturated heterocycles. The number of nitrogens with one attached hydrogen (secondary N) is 1. The van der Waals surface area contributed by atoms with Crippen molar-refractivity contribution in [1.82, 2.24) is 20.0 Å². The number of hydrogen-bond donors (Lipinski definition) is 1. The number of carbonyl (C=O) groups is 2. The van der Waals surface area contributed by atoms with Gasteiger partial charge in [-0.2, -0.15) is 0 Å². The van der Waals surface area contributed by atoms with Gasteiger partial charge in [-0.05, 0) is 42.5 Å². The maximum absolute atomic E-state index is 12.4. The highest BCUT2D eigenvalue weighted by Crippen LogP contribution is 2.32. The van der Waals surface area contributed by atoms with Crippen molar-refractivity contribution in [3.05, 3.63) is 75.6 Å². The minimum Gasteiger partial charge on any atom is -0.383 e. The van der Waals surface area contributed by atoms with Crippen molar-refractivity contribution >= 4 is 61.5 Å². The number of rotatable bonds is 6. The first kappa shape index (κ1) is 20.6. The van der Waals surface area contributed by atoms with E-state index in [2.05, 4.69) is 36.5 Å². The van der Waals surface area contributed by atoms with Crippen LogP contribution in [0.25, 0.3) is 10.9 Å². The van der Waals surface area contributed by atoms with Gasteiger partial charge in [-0.1, -0.05) is 32.7 Å². The fraction of sp³-hybridized carbons (Fsp3) is 0.136. The van der Waals surface area contributed by atoms with Gasteiger partial charge >= 0.3 is 0 Å². The number of benzene rings is 2. The van der Waals surface area contributed by atoms with E-state index >= 15 is 0 Å². The van der Waals surface area contributed by atoms with Gasteiger partial charge in [-0.3, -0.25) is 24.2 Å². The largest absolute Gasteiger partial charge is 0.383 e. The predicted molar refractivity (Wildman–Crippen MR) is 125 cm³/mol. The predicted octanol–water partition coefficient (Wildman–Crippen LogP) is 4.08. The zero-order valence-corrected chi connectivity index (χ0v) is 19.0. The maximum atomic E-state index is 12.4. The Morgan fingerprint density at radius 3 is 2.84 bits per heavy atom. The molecule has 160 valence electrons. The van der Waals surface area contributed by atoms with Crippen molar-refractivity contribution in [2.75, 3.05) is 16.8 Å². The lowest BCUT2D eigenvalue weighted by Crippen LogP contribution is -2.29.